The Labute approximate surface area is 130 Å². The summed E-state index contributed by atoms with van der Waals surface area (Å²) in [4.78, 5) is 12.3. The summed E-state index contributed by atoms with van der Waals surface area (Å²) in [5.74, 6) is -0.572. The van der Waals surface area contributed by atoms with E-state index in [4.69, 9.17) is 23.2 Å². The third kappa shape index (κ3) is 3.88. The number of para-hydroxylation sites is 1. The Bertz CT molecular complexity index is 616. The van der Waals surface area contributed by atoms with Crippen LogP contribution in [-0.2, 0) is 4.79 Å². The molecule has 0 heterocycles. The van der Waals surface area contributed by atoms with Crippen molar-refractivity contribution in [2.75, 3.05) is 11.1 Å². The zero-order valence-corrected chi connectivity index (χ0v) is 12.5. The zero-order valence-electron chi connectivity index (χ0n) is 10.2. The lowest BCUT2D eigenvalue weighted by atomic mass is 10.3. The summed E-state index contributed by atoms with van der Waals surface area (Å²) in [5, 5.41) is 3.35. The number of carbonyl (C=O) groups excluding carboxylic acids is 1. The fourth-order valence-corrected chi connectivity index (χ4v) is 2.73. The van der Waals surface area contributed by atoms with Crippen LogP contribution in [0.1, 0.15) is 0 Å². The second-order valence-corrected chi connectivity index (χ2v) is 5.70. The summed E-state index contributed by atoms with van der Waals surface area (Å²) in [6, 6.07) is 11.2. The molecule has 0 radical (unpaired) electrons. The van der Waals surface area contributed by atoms with Gasteiger partial charge >= 0.3 is 0 Å². The van der Waals surface area contributed by atoms with E-state index in [1.807, 2.05) is 0 Å². The van der Waals surface area contributed by atoms with Crippen LogP contribution >= 0.6 is 35.0 Å². The summed E-state index contributed by atoms with van der Waals surface area (Å²) in [7, 11) is 0. The number of anilines is 1. The van der Waals surface area contributed by atoms with Gasteiger partial charge in [-0.25, -0.2) is 4.39 Å². The Morgan fingerprint density at radius 2 is 1.75 bits per heavy atom. The Balaban J connectivity index is 1.98. The van der Waals surface area contributed by atoms with Crippen molar-refractivity contribution in [2.24, 2.45) is 0 Å². The van der Waals surface area contributed by atoms with Crippen LogP contribution in [0.25, 0.3) is 0 Å². The van der Waals surface area contributed by atoms with Crippen molar-refractivity contribution in [1.29, 1.82) is 0 Å². The molecule has 0 unspecified atom stereocenters. The van der Waals surface area contributed by atoms with Crippen molar-refractivity contribution in [3.8, 4) is 0 Å². The van der Waals surface area contributed by atoms with Crippen LogP contribution in [0.3, 0.4) is 0 Å². The van der Waals surface area contributed by atoms with E-state index in [9.17, 15) is 9.18 Å². The van der Waals surface area contributed by atoms with Crippen LogP contribution in [0.5, 0.6) is 0 Å². The lowest BCUT2D eigenvalue weighted by Crippen LogP contribution is -2.14. The van der Waals surface area contributed by atoms with E-state index in [1.165, 1.54) is 6.07 Å². The maximum absolute atomic E-state index is 13.4. The normalized spacial score (nSPS) is 10.3. The number of halogens is 3. The fraction of sp³-hybridized carbons (Fsp3) is 0.0714. The molecule has 0 aliphatic heterocycles. The van der Waals surface area contributed by atoms with Crippen molar-refractivity contribution >= 4 is 46.6 Å². The van der Waals surface area contributed by atoms with Gasteiger partial charge in [0.25, 0.3) is 0 Å². The number of amides is 1. The van der Waals surface area contributed by atoms with Crippen LogP contribution in [0.2, 0.25) is 10.0 Å². The van der Waals surface area contributed by atoms with Crippen LogP contribution in [0.4, 0.5) is 10.1 Å². The summed E-state index contributed by atoms with van der Waals surface area (Å²) in [5.41, 5.74) is 0.370. The van der Waals surface area contributed by atoms with E-state index >= 15 is 0 Å². The Hall–Kier alpha value is -1.23. The average molecular weight is 330 g/mol. The van der Waals surface area contributed by atoms with Gasteiger partial charge in [-0.05, 0) is 24.3 Å². The monoisotopic (exact) mass is 329 g/mol. The summed E-state index contributed by atoms with van der Waals surface area (Å²) < 4.78 is 13.4. The first-order chi connectivity index (χ1) is 9.58. The Morgan fingerprint density at radius 1 is 1.10 bits per heavy atom. The van der Waals surface area contributed by atoms with Gasteiger partial charge in [0.2, 0.25) is 5.91 Å². The third-order valence-electron chi connectivity index (χ3n) is 2.42. The number of thioether (sulfide) groups is 1. The molecule has 0 spiro atoms. The van der Waals surface area contributed by atoms with Gasteiger partial charge in [-0.2, -0.15) is 0 Å². The van der Waals surface area contributed by atoms with Crippen molar-refractivity contribution in [3.05, 3.63) is 58.3 Å². The first-order valence-electron chi connectivity index (χ1n) is 5.69. The van der Waals surface area contributed by atoms with E-state index in [0.29, 0.717) is 20.6 Å². The molecule has 20 heavy (non-hydrogen) atoms. The summed E-state index contributed by atoms with van der Waals surface area (Å²) in [6.07, 6.45) is 0. The first-order valence-corrected chi connectivity index (χ1v) is 7.43. The molecular weight excluding hydrogens is 320 g/mol. The van der Waals surface area contributed by atoms with E-state index in [-0.39, 0.29) is 17.5 Å². The molecule has 0 aliphatic rings. The highest BCUT2D eigenvalue weighted by molar-refractivity contribution is 8.00. The number of carbonyl (C=O) groups is 1. The molecule has 0 fully saturated rings. The quantitative estimate of drug-likeness (QED) is 0.811. The van der Waals surface area contributed by atoms with Gasteiger partial charge in [-0.1, -0.05) is 41.4 Å². The highest BCUT2D eigenvalue weighted by Crippen LogP contribution is 2.30. The predicted molar refractivity (Wildman–Crippen MR) is 82.2 cm³/mol. The highest BCUT2D eigenvalue weighted by Gasteiger charge is 2.11. The molecule has 104 valence electrons. The summed E-state index contributed by atoms with van der Waals surface area (Å²) in [6.45, 7) is 0. The smallest absolute Gasteiger partial charge is 0.234 e. The SMILES string of the molecule is O=C(CSc1ccccc1F)Nc1c(Cl)cccc1Cl. The minimum absolute atomic E-state index is 0.0719. The maximum Gasteiger partial charge on any atom is 0.234 e. The molecule has 1 N–H and O–H groups in total. The second kappa shape index (κ2) is 6.97. The fourth-order valence-electron chi connectivity index (χ4n) is 1.50. The highest BCUT2D eigenvalue weighted by atomic mass is 35.5. The van der Waals surface area contributed by atoms with E-state index in [1.54, 1.807) is 36.4 Å². The molecule has 2 rings (SSSR count). The van der Waals surface area contributed by atoms with E-state index < -0.39 is 0 Å². The molecule has 0 aliphatic carbocycles. The molecule has 2 nitrogen and oxygen atoms in total. The van der Waals surface area contributed by atoms with Crippen molar-refractivity contribution in [1.82, 2.24) is 0 Å². The predicted octanol–water partition coefficient (Wildman–Crippen LogP) is 4.86. The molecule has 0 saturated carbocycles. The van der Waals surface area contributed by atoms with Gasteiger partial charge in [0, 0.05) is 4.90 Å². The van der Waals surface area contributed by atoms with Crippen molar-refractivity contribution < 1.29 is 9.18 Å². The van der Waals surface area contributed by atoms with Crippen LogP contribution in [0.15, 0.2) is 47.4 Å². The minimum Gasteiger partial charge on any atom is -0.323 e. The summed E-state index contributed by atoms with van der Waals surface area (Å²) >= 11 is 13.0. The maximum atomic E-state index is 13.4. The lowest BCUT2D eigenvalue weighted by Gasteiger charge is -2.09. The topological polar surface area (TPSA) is 29.1 Å². The second-order valence-electron chi connectivity index (χ2n) is 3.86. The standard InChI is InChI=1S/C14H10Cl2FNOS/c15-9-4-3-5-10(16)14(9)18-13(19)8-20-12-7-2-1-6-11(12)17/h1-7H,8H2,(H,18,19). The van der Waals surface area contributed by atoms with Crippen LogP contribution < -0.4 is 5.32 Å². The molecule has 0 aromatic heterocycles. The van der Waals surface area contributed by atoms with Crippen molar-refractivity contribution in [3.63, 3.8) is 0 Å². The average Bonchev–Trinajstić information content (AvgIpc) is 2.42. The first kappa shape index (κ1) is 15.2. The van der Waals surface area contributed by atoms with Gasteiger partial charge < -0.3 is 5.32 Å². The van der Waals surface area contributed by atoms with Gasteiger partial charge in [-0.15, -0.1) is 11.8 Å². The van der Waals surface area contributed by atoms with Gasteiger partial charge in [0.1, 0.15) is 5.82 Å². The molecular formula is C14H10Cl2FNOS. The molecule has 1 amide bonds. The van der Waals surface area contributed by atoms with Gasteiger partial charge in [0.15, 0.2) is 0 Å². The van der Waals surface area contributed by atoms with E-state index in [0.717, 1.165) is 11.8 Å². The van der Waals surface area contributed by atoms with Gasteiger partial charge in [0.05, 0.1) is 21.5 Å². The molecule has 2 aromatic rings. The molecule has 0 atom stereocenters. The Morgan fingerprint density at radius 3 is 2.40 bits per heavy atom. The van der Waals surface area contributed by atoms with Gasteiger partial charge in [-0.3, -0.25) is 4.79 Å². The lowest BCUT2D eigenvalue weighted by molar-refractivity contribution is -0.113. The number of nitrogens with one attached hydrogen (secondary N) is 1. The minimum atomic E-state index is -0.346. The van der Waals surface area contributed by atoms with Crippen LogP contribution in [-0.4, -0.2) is 11.7 Å². The van der Waals surface area contributed by atoms with E-state index in [2.05, 4.69) is 5.32 Å². The third-order valence-corrected chi connectivity index (χ3v) is 4.10. The number of hydrogen-bond donors (Lipinski definition) is 1. The number of benzene rings is 2. The largest absolute Gasteiger partial charge is 0.323 e. The number of hydrogen-bond acceptors (Lipinski definition) is 2. The zero-order chi connectivity index (χ0) is 14.5. The molecule has 0 saturated heterocycles. The molecule has 6 heteroatoms. The Kier molecular flexibility index (Phi) is 5.29. The molecule has 2 aromatic carbocycles. The number of rotatable bonds is 4. The van der Waals surface area contributed by atoms with Crippen LogP contribution in [0, 0.1) is 5.82 Å². The van der Waals surface area contributed by atoms with Crippen molar-refractivity contribution in [2.45, 2.75) is 4.90 Å². The molecule has 0 bridgehead atoms.